The summed E-state index contributed by atoms with van der Waals surface area (Å²) in [5, 5.41) is 4.34. The van der Waals surface area contributed by atoms with Crippen LogP contribution in [0.1, 0.15) is 5.56 Å². The second-order valence-electron chi connectivity index (χ2n) is 3.89. The van der Waals surface area contributed by atoms with Crippen LogP contribution in [0.3, 0.4) is 0 Å². The SMILES string of the molecule is CNCc1c[nH]c2cc3c(cc12)OCCO3. The first-order chi connectivity index (χ1) is 7.88. The van der Waals surface area contributed by atoms with Crippen LogP contribution in [0.4, 0.5) is 0 Å². The number of ether oxygens (including phenoxy) is 2. The van der Waals surface area contributed by atoms with E-state index in [1.807, 2.05) is 25.4 Å². The normalized spacial score (nSPS) is 14.3. The maximum atomic E-state index is 5.57. The first kappa shape index (κ1) is 9.54. The largest absolute Gasteiger partial charge is 0.486 e. The van der Waals surface area contributed by atoms with Gasteiger partial charge in [-0.2, -0.15) is 0 Å². The van der Waals surface area contributed by atoms with Crippen LogP contribution in [0.5, 0.6) is 11.5 Å². The molecular weight excluding hydrogens is 204 g/mol. The molecule has 0 fully saturated rings. The zero-order chi connectivity index (χ0) is 11.0. The molecule has 0 radical (unpaired) electrons. The molecule has 16 heavy (non-hydrogen) atoms. The second kappa shape index (κ2) is 3.72. The van der Waals surface area contributed by atoms with Crippen molar-refractivity contribution in [3.8, 4) is 11.5 Å². The predicted octanol–water partition coefficient (Wildman–Crippen LogP) is 1.66. The molecule has 4 heteroatoms. The van der Waals surface area contributed by atoms with E-state index in [0.717, 1.165) is 23.6 Å². The lowest BCUT2D eigenvalue weighted by Gasteiger charge is -2.18. The number of aromatic amines is 1. The fourth-order valence-corrected chi connectivity index (χ4v) is 2.05. The van der Waals surface area contributed by atoms with Crippen LogP contribution in [0.2, 0.25) is 0 Å². The topological polar surface area (TPSA) is 46.3 Å². The van der Waals surface area contributed by atoms with Gasteiger partial charge in [0.1, 0.15) is 13.2 Å². The minimum Gasteiger partial charge on any atom is -0.486 e. The molecule has 1 aromatic carbocycles. The summed E-state index contributed by atoms with van der Waals surface area (Å²) in [7, 11) is 1.94. The van der Waals surface area contributed by atoms with Gasteiger partial charge in [0.2, 0.25) is 0 Å². The standard InChI is InChI=1S/C12H14N2O2/c1-13-6-8-7-14-10-5-12-11(4-9(8)10)15-2-3-16-12/h4-5,7,13-14H,2-3,6H2,1H3. The Morgan fingerprint density at radius 1 is 1.25 bits per heavy atom. The lowest BCUT2D eigenvalue weighted by Crippen LogP contribution is -2.15. The van der Waals surface area contributed by atoms with Gasteiger partial charge in [-0.25, -0.2) is 0 Å². The van der Waals surface area contributed by atoms with Crippen LogP contribution in [0, 0.1) is 0 Å². The van der Waals surface area contributed by atoms with E-state index in [0.29, 0.717) is 13.2 Å². The first-order valence-electron chi connectivity index (χ1n) is 5.42. The van der Waals surface area contributed by atoms with Gasteiger partial charge in [-0.3, -0.25) is 0 Å². The third-order valence-electron chi connectivity index (χ3n) is 2.80. The van der Waals surface area contributed by atoms with Crippen LogP contribution in [-0.2, 0) is 6.54 Å². The zero-order valence-electron chi connectivity index (χ0n) is 9.17. The lowest BCUT2D eigenvalue weighted by atomic mass is 10.1. The van der Waals surface area contributed by atoms with E-state index in [2.05, 4.69) is 10.3 Å². The molecule has 0 saturated carbocycles. The van der Waals surface area contributed by atoms with E-state index in [9.17, 15) is 0 Å². The Bertz CT molecular complexity index is 519. The van der Waals surface area contributed by atoms with Crippen molar-refractivity contribution < 1.29 is 9.47 Å². The Hall–Kier alpha value is -1.68. The van der Waals surface area contributed by atoms with Crippen molar-refractivity contribution in [1.29, 1.82) is 0 Å². The van der Waals surface area contributed by atoms with Crippen molar-refractivity contribution >= 4 is 10.9 Å². The minimum atomic E-state index is 0.628. The van der Waals surface area contributed by atoms with Crippen molar-refractivity contribution in [3.05, 3.63) is 23.9 Å². The summed E-state index contributed by atoms with van der Waals surface area (Å²) in [5.41, 5.74) is 2.34. The molecule has 3 rings (SSSR count). The first-order valence-corrected chi connectivity index (χ1v) is 5.42. The molecule has 0 bridgehead atoms. The van der Waals surface area contributed by atoms with Gasteiger partial charge in [0.25, 0.3) is 0 Å². The summed E-state index contributed by atoms with van der Waals surface area (Å²) < 4.78 is 11.1. The van der Waals surface area contributed by atoms with E-state index in [1.165, 1.54) is 10.9 Å². The highest BCUT2D eigenvalue weighted by molar-refractivity contribution is 5.86. The smallest absolute Gasteiger partial charge is 0.163 e. The van der Waals surface area contributed by atoms with E-state index < -0.39 is 0 Å². The van der Waals surface area contributed by atoms with Gasteiger partial charge >= 0.3 is 0 Å². The van der Waals surface area contributed by atoms with E-state index in [-0.39, 0.29) is 0 Å². The average molecular weight is 218 g/mol. The monoisotopic (exact) mass is 218 g/mol. The van der Waals surface area contributed by atoms with Crippen LogP contribution in [0.25, 0.3) is 10.9 Å². The molecule has 1 aliphatic rings. The summed E-state index contributed by atoms with van der Waals surface area (Å²) in [6.07, 6.45) is 2.02. The molecule has 2 heterocycles. The van der Waals surface area contributed by atoms with Crippen molar-refractivity contribution in [3.63, 3.8) is 0 Å². The molecule has 0 unspecified atom stereocenters. The van der Waals surface area contributed by atoms with Gasteiger partial charge in [0.15, 0.2) is 11.5 Å². The van der Waals surface area contributed by atoms with Gasteiger partial charge in [-0.15, -0.1) is 0 Å². The molecule has 2 aromatic rings. The van der Waals surface area contributed by atoms with Crippen molar-refractivity contribution in [2.24, 2.45) is 0 Å². The molecular formula is C12H14N2O2. The third-order valence-corrected chi connectivity index (χ3v) is 2.80. The zero-order valence-corrected chi connectivity index (χ0v) is 9.17. The van der Waals surface area contributed by atoms with Crippen LogP contribution in [0.15, 0.2) is 18.3 Å². The maximum absolute atomic E-state index is 5.57. The van der Waals surface area contributed by atoms with Gasteiger partial charge < -0.3 is 19.8 Å². The molecule has 0 amide bonds. The summed E-state index contributed by atoms with van der Waals surface area (Å²) >= 11 is 0. The third kappa shape index (κ3) is 1.42. The Morgan fingerprint density at radius 2 is 2.00 bits per heavy atom. The van der Waals surface area contributed by atoms with Gasteiger partial charge in [0, 0.05) is 29.7 Å². The van der Waals surface area contributed by atoms with Crippen molar-refractivity contribution in [2.45, 2.75) is 6.54 Å². The Kier molecular flexibility index (Phi) is 2.22. The quantitative estimate of drug-likeness (QED) is 0.805. The van der Waals surface area contributed by atoms with Crippen LogP contribution >= 0.6 is 0 Å². The number of H-pyrrole nitrogens is 1. The van der Waals surface area contributed by atoms with Crippen LogP contribution in [-0.4, -0.2) is 25.2 Å². The number of hydrogen-bond acceptors (Lipinski definition) is 3. The molecule has 4 nitrogen and oxygen atoms in total. The molecule has 1 aromatic heterocycles. The molecule has 0 saturated heterocycles. The fourth-order valence-electron chi connectivity index (χ4n) is 2.05. The number of benzene rings is 1. The number of nitrogens with one attached hydrogen (secondary N) is 2. The van der Waals surface area contributed by atoms with Gasteiger partial charge in [0.05, 0.1) is 0 Å². The number of fused-ring (bicyclic) bond motifs is 2. The molecule has 0 spiro atoms. The summed E-state index contributed by atoms with van der Waals surface area (Å²) in [6, 6.07) is 4.05. The van der Waals surface area contributed by atoms with E-state index in [4.69, 9.17) is 9.47 Å². The maximum Gasteiger partial charge on any atom is 0.163 e. The molecule has 0 aliphatic carbocycles. The number of hydrogen-bond donors (Lipinski definition) is 2. The summed E-state index contributed by atoms with van der Waals surface area (Å²) in [6.45, 7) is 2.10. The summed E-state index contributed by atoms with van der Waals surface area (Å²) in [4.78, 5) is 3.25. The highest BCUT2D eigenvalue weighted by Gasteiger charge is 2.14. The van der Waals surface area contributed by atoms with E-state index >= 15 is 0 Å². The molecule has 2 N–H and O–H groups in total. The number of rotatable bonds is 2. The average Bonchev–Trinajstić information content (AvgIpc) is 2.70. The van der Waals surface area contributed by atoms with E-state index in [1.54, 1.807) is 0 Å². The molecule has 84 valence electrons. The Morgan fingerprint density at radius 3 is 2.75 bits per heavy atom. The highest BCUT2D eigenvalue weighted by atomic mass is 16.6. The Labute approximate surface area is 93.6 Å². The van der Waals surface area contributed by atoms with Crippen molar-refractivity contribution in [2.75, 3.05) is 20.3 Å². The highest BCUT2D eigenvalue weighted by Crippen LogP contribution is 2.35. The summed E-state index contributed by atoms with van der Waals surface area (Å²) in [5.74, 6) is 1.67. The predicted molar refractivity (Wildman–Crippen MR) is 62.1 cm³/mol. The number of aromatic nitrogens is 1. The second-order valence-corrected chi connectivity index (χ2v) is 3.89. The Balaban J connectivity index is 2.14. The minimum absolute atomic E-state index is 0.628. The fraction of sp³-hybridized carbons (Fsp3) is 0.333. The van der Waals surface area contributed by atoms with Gasteiger partial charge in [-0.05, 0) is 18.7 Å². The van der Waals surface area contributed by atoms with Crippen LogP contribution < -0.4 is 14.8 Å². The van der Waals surface area contributed by atoms with Crippen molar-refractivity contribution in [1.82, 2.24) is 10.3 Å². The lowest BCUT2D eigenvalue weighted by molar-refractivity contribution is 0.172. The van der Waals surface area contributed by atoms with Gasteiger partial charge in [-0.1, -0.05) is 0 Å². The molecule has 1 aliphatic heterocycles. The molecule has 0 atom stereocenters.